The van der Waals surface area contributed by atoms with Crippen molar-refractivity contribution in [3.63, 3.8) is 0 Å². The van der Waals surface area contributed by atoms with E-state index < -0.39 is 0 Å². The molecule has 1 fully saturated rings. The lowest BCUT2D eigenvalue weighted by atomic mass is 10.2. The molecule has 0 spiro atoms. The second kappa shape index (κ2) is 8.10. The van der Waals surface area contributed by atoms with E-state index in [0.29, 0.717) is 5.69 Å². The van der Waals surface area contributed by atoms with Gasteiger partial charge in [0.1, 0.15) is 5.69 Å². The molecule has 1 saturated heterocycles. The minimum Gasteiger partial charge on any atom is -0.357 e. The van der Waals surface area contributed by atoms with Gasteiger partial charge in [0.15, 0.2) is 0 Å². The molecule has 0 aliphatic carbocycles. The number of carbonyl (C=O) groups excluding carboxylic acids is 1. The number of carbonyl (C=O) groups is 1. The molecular weight excluding hydrogens is 250 g/mol. The Hall–Kier alpha value is -1.29. The van der Waals surface area contributed by atoms with Crippen molar-refractivity contribution < 1.29 is 4.79 Å². The fourth-order valence-electron chi connectivity index (χ4n) is 2.79. The lowest BCUT2D eigenvalue weighted by Gasteiger charge is -2.21. The predicted molar refractivity (Wildman–Crippen MR) is 81.9 cm³/mol. The molecule has 20 heavy (non-hydrogen) atoms. The van der Waals surface area contributed by atoms with Crippen molar-refractivity contribution in [2.24, 2.45) is 0 Å². The molecule has 0 atom stereocenters. The molecule has 1 aromatic rings. The summed E-state index contributed by atoms with van der Waals surface area (Å²) >= 11 is 0. The van der Waals surface area contributed by atoms with Crippen molar-refractivity contribution in [3.8, 4) is 0 Å². The minimum absolute atomic E-state index is 0.142. The van der Waals surface area contributed by atoms with E-state index in [1.807, 2.05) is 23.2 Å². The number of unbranched alkanes of at least 4 members (excludes halogenated alkanes) is 3. The highest BCUT2D eigenvalue weighted by Crippen LogP contribution is 2.09. The number of nitrogens with one attached hydrogen (secondary N) is 1. The summed E-state index contributed by atoms with van der Waals surface area (Å²) in [5.41, 5.74) is 0.710. The minimum atomic E-state index is 0.142. The van der Waals surface area contributed by atoms with E-state index in [-0.39, 0.29) is 5.91 Å². The summed E-state index contributed by atoms with van der Waals surface area (Å²) in [5.74, 6) is 0.142. The summed E-state index contributed by atoms with van der Waals surface area (Å²) in [7, 11) is 0. The van der Waals surface area contributed by atoms with Gasteiger partial charge in [0.05, 0.1) is 0 Å². The van der Waals surface area contributed by atoms with Crippen LogP contribution in [0, 0.1) is 0 Å². The highest BCUT2D eigenvalue weighted by molar-refractivity contribution is 5.92. The van der Waals surface area contributed by atoms with Crippen molar-refractivity contribution in [1.82, 2.24) is 14.8 Å². The van der Waals surface area contributed by atoms with Gasteiger partial charge in [-0.25, -0.2) is 0 Å². The van der Waals surface area contributed by atoms with Gasteiger partial charge >= 0.3 is 0 Å². The van der Waals surface area contributed by atoms with Crippen LogP contribution < -0.4 is 0 Å². The molecule has 0 saturated carbocycles. The normalized spacial score (nSPS) is 17.1. The van der Waals surface area contributed by atoms with Crippen LogP contribution in [0.4, 0.5) is 0 Å². The van der Waals surface area contributed by atoms with Gasteiger partial charge in [-0.05, 0) is 38.1 Å². The Morgan fingerprint density at radius 1 is 1.20 bits per heavy atom. The number of amides is 1. The number of H-pyrrole nitrogens is 1. The Morgan fingerprint density at radius 3 is 2.85 bits per heavy atom. The van der Waals surface area contributed by atoms with Crippen LogP contribution in [-0.2, 0) is 0 Å². The zero-order valence-corrected chi connectivity index (χ0v) is 12.6. The lowest BCUT2D eigenvalue weighted by molar-refractivity contribution is 0.0756. The number of hydrogen-bond donors (Lipinski definition) is 1. The number of hydrogen-bond acceptors (Lipinski definition) is 2. The lowest BCUT2D eigenvalue weighted by Crippen LogP contribution is -2.35. The maximum atomic E-state index is 12.3. The predicted octanol–water partition coefficient (Wildman–Crippen LogP) is 2.74. The molecule has 4 heteroatoms. The van der Waals surface area contributed by atoms with Crippen LogP contribution in [0.25, 0.3) is 0 Å². The molecule has 112 valence electrons. The van der Waals surface area contributed by atoms with Gasteiger partial charge in [0.2, 0.25) is 0 Å². The summed E-state index contributed by atoms with van der Waals surface area (Å²) in [6.07, 6.45) is 8.14. The average molecular weight is 277 g/mol. The van der Waals surface area contributed by atoms with E-state index in [4.69, 9.17) is 0 Å². The molecular formula is C16H27N3O. The van der Waals surface area contributed by atoms with Crippen molar-refractivity contribution in [2.45, 2.75) is 39.0 Å². The number of aromatic nitrogens is 1. The van der Waals surface area contributed by atoms with Crippen molar-refractivity contribution in [2.75, 3.05) is 32.7 Å². The summed E-state index contributed by atoms with van der Waals surface area (Å²) in [4.78, 5) is 19.8. The number of rotatable bonds is 6. The SMILES string of the molecule is CCCCCCN1CCCN(C(=O)c2ccc[nH]2)CC1. The van der Waals surface area contributed by atoms with Crippen LogP contribution in [0.1, 0.15) is 49.5 Å². The molecule has 4 nitrogen and oxygen atoms in total. The Labute approximate surface area is 122 Å². The summed E-state index contributed by atoms with van der Waals surface area (Å²) in [6.45, 7) is 7.30. The van der Waals surface area contributed by atoms with E-state index in [1.54, 1.807) is 0 Å². The maximum absolute atomic E-state index is 12.3. The second-order valence-electron chi connectivity index (χ2n) is 5.63. The number of nitrogens with zero attached hydrogens (tertiary/aromatic N) is 2. The fourth-order valence-corrected chi connectivity index (χ4v) is 2.79. The highest BCUT2D eigenvalue weighted by atomic mass is 16.2. The number of aromatic amines is 1. The van der Waals surface area contributed by atoms with Crippen molar-refractivity contribution >= 4 is 5.91 Å². The Morgan fingerprint density at radius 2 is 2.10 bits per heavy atom. The molecule has 0 radical (unpaired) electrons. The van der Waals surface area contributed by atoms with Crippen LogP contribution in [0.2, 0.25) is 0 Å². The molecule has 0 aromatic carbocycles. The average Bonchev–Trinajstić information content (AvgIpc) is 2.89. The van der Waals surface area contributed by atoms with Crippen LogP contribution in [0.15, 0.2) is 18.3 Å². The molecule has 2 heterocycles. The summed E-state index contributed by atoms with van der Waals surface area (Å²) < 4.78 is 0. The molecule has 1 N–H and O–H groups in total. The Kier molecular flexibility index (Phi) is 6.12. The van der Waals surface area contributed by atoms with Gasteiger partial charge in [0.25, 0.3) is 5.91 Å². The molecule has 1 amide bonds. The van der Waals surface area contributed by atoms with Gasteiger partial charge in [-0.2, -0.15) is 0 Å². The fraction of sp³-hybridized carbons (Fsp3) is 0.688. The van der Waals surface area contributed by atoms with Crippen LogP contribution in [0.5, 0.6) is 0 Å². The first-order valence-electron chi connectivity index (χ1n) is 7.96. The monoisotopic (exact) mass is 277 g/mol. The van der Waals surface area contributed by atoms with E-state index >= 15 is 0 Å². The van der Waals surface area contributed by atoms with E-state index in [0.717, 1.165) is 32.6 Å². The largest absolute Gasteiger partial charge is 0.357 e. The molecule has 2 rings (SSSR count). The van der Waals surface area contributed by atoms with Crippen LogP contribution in [0.3, 0.4) is 0 Å². The first kappa shape index (κ1) is 15.1. The Balaban J connectivity index is 1.76. The van der Waals surface area contributed by atoms with Gasteiger partial charge < -0.3 is 14.8 Å². The third-order valence-corrected chi connectivity index (χ3v) is 4.03. The van der Waals surface area contributed by atoms with Gasteiger partial charge in [-0.3, -0.25) is 4.79 Å². The van der Waals surface area contributed by atoms with E-state index in [2.05, 4.69) is 16.8 Å². The third-order valence-electron chi connectivity index (χ3n) is 4.03. The smallest absolute Gasteiger partial charge is 0.270 e. The third kappa shape index (κ3) is 4.37. The van der Waals surface area contributed by atoms with Crippen LogP contribution >= 0.6 is 0 Å². The van der Waals surface area contributed by atoms with Crippen molar-refractivity contribution in [1.29, 1.82) is 0 Å². The van der Waals surface area contributed by atoms with Gasteiger partial charge in [0, 0.05) is 25.8 Å². The molecule has 1 aromatic heterocycles. The molecule has 1 aliphatic rings. The topological polar surface area (TPSA) is 39.3 Å². The zero-order valence-electron chi connectivity index (χ0n) is 12.6. The molecule has 1 aliphatic heterocycles. The molecule has 0 bridgehead atoms. The van der Waals surface area contributed by atoms with Gasteiger partial charge in [-0.15, -0.1) is 0 Å². The van der Waals surface area contributed by atoms with Crippen molar-refractivity contribution in [3.05, 3.63) is 24.0 Å². The Bertz CT molecular complexity index is 388. The second-order valence-corrected chi connectivity index (χ2v) is 5.63. The van der Waals surface area contributed by atoms with Crippen LogP contribution in [-0.4, -0.2) is 53.4 Å². The highest BCUT2D eigenvalue weighted by Gasteiger charge is 2.20. The standard InChI is InChI=1S/C16H27N3O/c1-2-3-4-5-10-18-11-7-12-19(14-13-18)16(20)15-8-6-9-17-15/h6,8-9,17H,2-5,7,10-14H2,1H3. The van der Waals surface area contributed by atoms with E-state index in [1.165, 1.54) is 32.2 Å². The quantitative estimate of drug-likeness (QED) is 0.812. The first-order chi connectivity index (χ1) is 9.81. The zero-order chi connectivity index (χ0) is 14.2. The summed E-state index contributed by atoms with van der Waals surface area (Å²) in [6, 6.07) is 3.74. The van der Waals surface area contributed by atoms with Gasteiger partial charge in [-0.1, -0.05) is 26.2 Å². The summed E-state index contributed by atoms with van der Waals surface area (Å²) in [5, 5.41) is 0. The first-order valence-corrected chi connectivity index (χ1v) is 7.96. The molecule has 0 unspecified atom stereocenters. The van der Waals surface area contributed by atoms with E-state index in [9.17, 15) is 4.79 Å². The maximum Gasteiger partial charge on any atom is 0.270 e.